The molecule has 6 heteroatoms. The number of halogens is 2. The van der Waals surface area contributed by atoms with Crippen molar-refractivity contribution < 1.29 is 8.78 Å². The number of hydrogen-bond acceptors (Lipinski definition) is 3. The second-order valence-corrected chi connectivity index (χ2v) is 5.83. The van der Waals surface area contributed by atoms with Crippen LogP contribution in [0.15, 0.2) is 64.0 Å². The third kappa shape index (κ3) is 3.65. The second kappa shape index (κ2) is 7.31. The van der Waals surface area contributed by atoms with Crippen molar-refractivity contribution in [1.29, 1.82) is 0 Å². The van der Waals surface area contributed by atoms with Crippen LogP contribution < -0.4 is 4.80 Å². The van der Waals surface area contributed by atoms with Gasteiger partial charge in [0, 0.05) is 17.5 Å². The van der Waals surface area contributed by atoms with E-state index in [9.17, 15) is 8.78 Å². The Balaban J connectivity index is 2.04. The summed E-state index contributed by atoms with van der Waals surface area (Å²) in [6.45, 7) is 2.58. The minimum Gasteiger partial charge on any atom is -0.258 e. The molecule has 0 bridgehead atoms. The van der Waals surface area contributed by atoms with Gasteiger partial charge in [-0.15, -0.1) is 11.3 Å². The fraction of sp³-hybridized carbons (Fsp3) is 0.111. The van der Waals surface area contributed by atoms with E-state index in [4.69, 9.17) is 0 Å². The van der Waals surface area contributed by atoms with Crippen LogP contribution in [0.4, 0.5) is 8.78 Å². The molecule has 3 nitrogen and oxygen atoms in total. The molecule has 1 aromatic heterocycles. The molecule has 3 aromatic rings. The fourth-order valence-corrected chi connectivity index (χ4v) is 3.05. The molecule has 3 rings (SSSR count). The summed E-state index contributed by atoms with van der Waals surface area (Å²) in [6.07, 6.45) is 1.65. The molecule has 0 aliphatic rings. The van der Waals surface area contributed by atoms with Crippen molar-refractivity contribution in [2.24, 2.45) is 10.1 Å². The highest BCUT2D eigenvalue weighted by Crippen LogP contribution is 2.20. The van der Waals surface area contributed by atoms with E-state index in [0.29, 0.717) is 6.54 Å². The molecule has 0 N–H and O–H groups in total. The van der Waals surface area contributed by atoms with Crippen LogP contribution in [0.1, 0.15) is 12.5 Å². The Kier molecular flexibility index (Phi) is 4.96. The van der Waals surface area contributed by atoms with E-state index < -0.39 is 0 Å². The number of hydrogen-bond donors (Lipinski definition) is 0. The van der Waals surface area contributed by atoms with Crippen molar-refractivity contribution in [2.75, 3.05) is 6.54 Å². The van der Waals surface area contributed by atoms with Gasteiger partial charge in [0.1, 0.15) is 11.6 Å². The van der Waals surface area contributed by atoms with E-state index in [0.717, 1.165) is 21.6 Å². The predicted octanol–water partition coefficient (Wildman–Crippen LogP) is 4.30. The minimum absolute atomic E-state index is 0.284. The average molecular weight is 343 g/mol. The SMILES string of the molecule is CCN=c1scc(-c2ccc(F)cc2)n1N=Cc1ccc(F)cc1. The summed E-state index contributed by atoms with van der Waals surface area (Å²) in [5.74, 6) is -0.571. The normalized spacial score (nSPS) is 12.2. The Morgan fingerprint density at radius 1 is 1.00 bits per heavy atom. The zero-order chi connectivity index (χ0) is 16.9. The molecule has 0 unspecified atom stereocenters. The summed E-state index contributed by atoms with van der Waals surface area (Å²) in [5.41, 5.74) is 2.45. The summed E-state index contributed by atoms with van der Waals surface area (Å²) < 4.78 is 27.9. The molecule has 0 saturated carbocycles. The molecule has 2 aromatic carbocycles. The van der Waals surface area contributed by atoms with Crippen LogP contribution in [-0.2, 0) is 0 Å². The van der Waals surface area contributed by atoms with Crippen LogP contribution in [0, 0.1) is 11.6 Å². The van der Waals surface area contributed by atoms with Gasteiger partial charge in [0.25, 0.3) is 0 Å². The molecule has 0 atom stereocenters. The van der Waals surface area contributed by atoms with Gasteiger partial charge in [0.2, 0.25) is 4.80 Å². The maximum absolute atomic E-state index is 13.1. The number of nitrogens with zero attached hydrogens (tertiary/aromatic N) is 3. The lowest BCUT2D eigenvalue weighted by atomic mass is 10.2. The topological polar surface area (TPSA) is 29.6 Å². The van der Waals surface area contributed by atoms with Gasteiger partial charge in [-0.2, -0.15) is 5.10 Å². The first-order chi connectivity index (χ1) is 11.7. The Labute approximate surface area is 142 Å². The number of rotatable bonds is 4. The average Bonchev–Trinajstić information content (AvgIpc) is 2.98. The van der Waals surface area contributed by atoms with Gasteiger partial charge in [0.15, 0.2) is 0 Å². The Bertz CT molecular complexity index is 907. The van der Waals surface area contributed by atoms with Crippen LogP contribution in [0.25, 0.3) is 11.3 Å². The van der Waals surface area contributed by atoms with Gasteiger partial charge in [-0.05, 0) is 48.9 Å². The third-order valence-electron chi connectivity index (χ3n) is 3.31. The lowest BCUT2D eigenvalue weighted by Crippen LogP contribution is -2.12. The van der Waals surface area contributed by atoms with Crippen LogP contribution in [0.2, 0.25) is 0 Å². The van der Waals surface area contributed by atoms with E-state index in [1.54, 1.807) is 35.2 Å². The summed E-state index contributed by atoms with van der Waals surface area (Å²) in [5, 5.41) is 6.41. The van der Waals surface area contributed by atoms with E-state index in [1.807, 2.05) is 12.3 Å². The van der Waals surface area contributed by atoms with Crippen molar-refractivity contribution in [3.8, 4) is 11.3 Å². The molecule has 0 amide bonds. The van der Waals surface area contributed by atoms with E-state index in [2.05, 4.69) is 10.1 Å². The summed E-state index contributed by atoms with van der Waals surface area (Å²) in [7, 11) is 0. The molecule has 24 heavy (non-hydrogen) atoms. The molecular formula is C18H15F2N3S. The highest BCUT2D eigenvalue weighted by atomic mass is 32.1. The molecular weight excluding hydrogens is 328 g/mol. The van der Waals surface area contributed by atoms with E-state index in [1.165, 1.54) is 35.6 Å². The first-order valence-electron chi connectivity index (χ1n) is 7.44. The Morgan fingerprint density at radius 2 is 1.62 bits per heavy atom. The summed E-state index contributed by atoms with van der Waals surface area (Å²) in [6, 6.07) is 12.3. The predicted molar refractivity (Wildman–Crippen MR) is 93.2 cm³/mol. The van der Waals surface area contributed by atoms with Crippen LogP contribution in [-0.4, -0.2) is 17.4 Å². The molecule has 0 aliphatic heterocycles. The summed E-state index contributed by atoms with van der Waals surface area (Å²) in [4.78, 5) is 5.18. The molecule has 0 saturated heterocycles. The molecule has 122 valence electrons. The van der Waals surface area contributed by atoms with Crippen LogP contribution in [0.3, 0.4) is 0 Å². The lowest BCUT2D eigenvalue weighted by Gasteiger charge is -2.03. The van der Waals surface area contributed by atoms with Crippen LogP contribution in [0.5, 0.6) is 0 Å². The maximum atomic E-state index is 13.1. The largest absolute Gasteiger partial charge is 0.258 e. The van der Waals surface area contributed by atoms with E-state index in [-0.39, 0.29) is 11.6 Å². The van der Waals surface area contributed by atoms with Gasteiger partial charge in [-0.25, -0.2) is 13.5 Å². The quantitative estimate of drug-likeness (QED) is 0.632. The van der Waals surface area contributed by atoms with Crippen molar-refractivity contribution in [3.05, 3.63) is 75.9 Å². The second-order valence-electron chi connectivity index (χ2n) is 4.99. The molecule has 0 radical (unpaired) electrons. The van der Waals surface area contributed by atoms with Crippen molar-refractivity contribution in [3.63, 3.8) is 0 Å². The molecule has 0 spiro atoms. The number of aromatic nitrogens is 1. The van der Waals surface area contributed by atoms with Crippen LogP contribution >= 0.6 is 11.3 Å². The third-order valence-corrected chi connectivity index (χ3v) is 4.16. The zero-order valence-corrected chi connectivity index (χ0v) is 13.8. The zero-order valence-electron chi connectivity index (χ0n) is 13.0. The van der Waals surface area contributed by atoms with Gasteiger partial charge >= 0.3 is 0 Å². The molecule has 1 heterocycles. The fourth-order valence-electron chi connectivity index (χ4n) is 2.15. The van der Waals surface area contributed by atoms with Crippen molar-refractivity contribution >= 4 is 17.6 Å². The van der Waals surface area contributed by atoms with Gasteiger partial charge < -0.3 is 0 Å². The highest BCUT2D eigenvalue weighted by Gasteiger charge is 2.07. The van der Waals surface area contributed by atoms with E-state index >= 15 is 0 Å². The Morgan fingerprint density at radius 3 is 2.25 bits per heavy atom. The first kappa shape index (κ1) is 16.3. The molecule has 0 fully saturated rings. The maximum Gasteiger partial charge on any atom is 0.206 e. The number of benzene rings is 2. The lowest BCUT2D eigenvalue weighted by molar-refractivity contribution is 0.627. The van der Waals surface area contributed by atoms with Gasteiger partial charge in [-0.1, -0.05) is 12.1 Å². The smallest absolute Gasteiger partial charge is 0.206 e. The standard InChI is InChI=1S/C18H15F2N3S/c1-2-21-18-23(22-11-13-3-7-15(19)8-4-13)17(12-24-18)14-5-9-16(20)10-6-14/h3-12H,2H2,1H3. The van der Waals surface area contributed by atoms with Crippen molar-refractivity contribution in [2.45, 2.75) is 6.92 Å². The monoisotopic (exact) mass is 343 g/mol. The highest BCUT2D eigenvalue weighted by molar-refractivity contribution is 7.07. The summed E-state index contributed by atoms with van der Waals surface area (Å²) >= 11 is 1.47. The molecule has 0 aliphatic carbocycles. The van der Waals surface area contributed by atoms with Gasteiger partial charge in [0.05, 0.1) is 11.9 Å². The minimum atomic E-state index is -0.288. The van der Waals surface area contributed by atoms with Gasteiger partial charge in [-0.3, -0.25) is 4.99 Å². The van der Waals surface area contributed by atoms with Crippen molar-refractivity contribution in [1.82, 2.24) is 4.68 Å². The number of thiazole rings is 1. The Hall–Kier alpha value is -2.60. The first-order valence-corrected chi connectivity index (χ1v) is 8.32.